The van der Waals surface area contributed by atoms with Gasteiger partial charge in [-0.25, -0.2) is 0 Å². The quantitative estimate of drug-likeness (QED) is 0.270. The minimum atomic E-state index is 0.254. The predicted molar refractivity (Wildman–Crippen MR) is 127 cm³/mol. The van der Waals surface area contributed by atoms with Gasteiger partial charge in [-0.15, -0.1) is 17.7 Å². The van der Waals surface area contributed by atoms with Crippen LogP contribution in [0.5, 0.6) is 17.2 Å². The van der Waals surface area contributed by atoms with E-state index in [0.717, 1.165) is 28.5 Å². The van der Waals surface area contributed by atoms with Crippen molar-refractivity contribution in [1.82, 2.24) is 0 Å². The van der Waals surface area contributed by atoms with E-state index >= 15 is 0 Å². The Balaban J connectivity index is 0.000000255. The summed E-state index contributed by atoms with van der Waals surface area (Å²) in [5.41, 5.74) is 2.63. The normalized spacial score (nSPS) is 17.5. The summed E-state index contributed by atoms with van der Waals surface area (Å²) >= 11 is 1.47. The van der Waals surface area contributed by atoms with Gasteiger partial charge in [-0.05, 0) is 59.6 Å². The zero-order valence-electron chi connectivity index (χ0n) is 19.6. The fourth-order valence-corrected chi connectivity index (χ4v) is 3.36. The van der Waals surface area contributed by atoms with Gasteiger partial charge in [0.15, 0.2) is 0 Å². The number of halogens is 1. The van der Waals surface area contributed by atoms with Crippen LogP contribution in [-0.2, 0) is 17.9 Å². The van der Waals surface area contributed by atoms with Gasteiger partial charge in [0.05, 0.1) is 24.3 Å². The Kier molecular flexibility index (Phi) is 10.5. The van der Waals surface area contributed by atoms with Crippen LogP contribution in [0.15, 0.2) is 41.4 Å². The Labute approximate surface area is 207 Å². The van der Waals surface area contributed by atoms with Crippen molar-refractivity contribution in [1.29, 1.82) is 0 Å². The van der Waals surface area contributed by atoms with Crippen molar-refractivity contribution in [2.24, 2.45) is 4.99 Å². The Bertz CT molecular complexity index is 842. The van der Waals surface area contributed by atoms with Crippen molar-refractivity contribution < 1.29 is 32.1 Å². The molecule has 1 saturated carbocycles. The molecule has 0 unspecified atom stereocenters. The van der Waals surface area contributed by atoms with E-state index in [9.17, 15) is 0 Å². The van der Waals surface area contributed by atoms with Crippen LogP contribution in [0.2, 0.25) is 0 Å². The molecule has 0 spiro atoms. The Morgan fingerprint density at radius 2 is 1.41 bits per heavy atom. The van der Waals surface area contributed by atoms with Gasteiger partial charge in [-0.1, -0.05) is 47.6 Å². The Morgan fingerprint density at radius 1 is 0.875 bits per heavy atom. The molecule has 4 rings (SSSR count). The third kappa shape index (κ3) is 6.49. The molecule has 1 aliphatic carbocycles. The monoisotopic (exact) mass is 631 g/mol. The number of aliphatic imine (C=N–C) groups is 1. The number of hydrogen-bond acceptors (Lipinski definition) is 4. The van der Waals surface area contributed by atoms with Gasteiger partial charge in [0.2, 0.25) is 6.79 Å². The van der Waals surface area contributed by atoms with Gasteiger partial charge in [-0.3, -0.25) is 0 Å². The molecule has 2 aromatic rings. The fourth-order valence-electron chi connectivity index (χ4n) is 3.36. The SMILES string of the molecule is COc1ccc(N=C(C)c2[c-]c3c(cc2)OCO3)cc1.C[C]1[C](C)[C](C)[C](C)[C]1C.[Cl][Ir+2]. The standard InChI is InChI=1S/C16H14NO3.C10H15.ClH.Ir/c1-11(17-13-4-6-14(18-2)7-5-13)12-3-8-15-16(9-12)20-10-19-15;1-6-7(2)9(4)10(5)8(6)3;;/h3-8H,10H2,1-2H3;1-5H3;1H;/q-1;;;+3/p-1. The molecule has 2 aromatic carbocycles. The zero-order chi connectivity index (χ0) is 23.8. The van der Waals surface area contributed by atoms with Crippen LogP contribution in [0.4, 0.5) is 5.69 Å². The summed E-state index contributed by atoms with van der Waals surface area (Å²) in [7, 11) is 6.28. The molecule has 0 amide bonds. The van der Waals surface area contributed by atoms with Crippen molar-refractivity contribution in [3.63, 3.8) is 0 Å². The summed E-state index contributed by atoms with van der Waals surface area (Å²) in [6.45, 7) is 13.2. The van der Waals surface area contributed by atoms with Crippen molar-refractivity contribution in [2.45, 2.75) is 41.5 Å². The molecule has 0 bridgehead atoms. The van der Waals surface area contributed by atoms with Crippen LogP contribution in [-0.4, -0.2) is 19.6 Å². The van der Waals surface area contributed by atoms with Crippen LogP contribution < -0.4 is 14.2 Å². The van der Waals surface area contributed by atoms with Gasteiger partial charge in [0.1, 0.15) is 5.75 Å². The zero-order valence-corrected chi connectivity index (χ0v) is 22.7. The van der Waals surface area contributed by atoms with Gasteiger partial charge in [-0.2, -0.15) is 0 Å². The molecule has 5 radical (unpaired) electrons. The number of rotatable bonds is 3. The number of nitrogens with zero attached hydrogens (tertiary/aromatic N) is 1. The second kappa shape index (κ2) is 12.6. The van der Waals surface area contributed by atoms with Crippen LogP contribution in [0.3, 0.4) is 0 Å². The molecular formula is C26H29ClIrNO3+. The summed E-state index contributed by atoms with van der Waals surface area (Å²) < 4.78 is 15.7. The first-order valence-electron chi connectivity index (χ1n) is 10.2. The number of hydrogen-bond donors (Lipinski definition) is 0. The van der Waals surface area contributed by atoms with E-state index in [4.69, 9.17) is 14.2 Å². The number of ether oxygens (including phenoxy) is 3. The first kappa shape index (κ1) is 26.7. The molecule has 0 aromatic heterocycles. The number of benzene rings is 2. The van der Waals surface area contributed by atoms with Crippen molar-refractivity contribution in [3.8, 4) is 17.2 Å². The van der Waals surface area contributed by atoms with Crippen molar-refractivity contribution in [2.75, 3.05) is 13.9 Å². The molecule has 4 nitrogen and oxygen atoms in total. The fraction of sp³-hybridized carbons (Fsp3) is 0.308. The topological polar surface area (TPSA) is 40.0 Å². The van der Waals surface area contributed by atoms with E-state index in [1.807, 2.05) is 43.3 Å². The molecule has 1 heterocycles. The molecule has 171 valence electrons. The van der Waals surface area contributed by atoms with E-state index in [0.29, 0.717) is 5.75 Å². The molecule has 32 heavy (non-hydrogen) atoms. The first-order chi connectivity index (χ1) is 15.3. The van der Waals surface area contributed by atoms with Crippen molar-refractivity contribution >= 4 is 21.0 Å². The molecule has 2 aliphatic rings. The average Bonchev–Trinajstić information content (AvgIpc) is 3.37. The molecule has 1 fully saturated rings. The molecule has 6 heteroatoms. The Morgan fingerprint density at radius 3 is 1.91 bits per heavy atom. The molecule has 0 N–H and O–H groups in total. The number of fused-ring (bicyclic) bond motifs is 1. The molecule has 1 aliphatic heterocycles. The maximum absolute atomic E-state index is 5.32. The van der Waals surface area contributed by atoms with E-state index in [-0.39, 0.29) is 6.79 Å². The molecule has 0 saturated heterocycles. The summed E-state index contributed by atoms with van der Waals surface area (Å²) in [5, 5.41) is 0. The van der Waals surface area contributed by atoms with Crippen LogP contribution >= 0.6 is 9.58 Å². The first-order valence-corrected chi connectivity index (χ1v) is 13.1. The number of methoxy groups -OCH3 is 1. The maximum atomic E-state index is 5.32. The third-order valence-electron chi connectivity index (χ3n) is 5.86. The summed E-state index contributed by atoms with van der Waals surface area (Å²) in [4.78, 5) is 4.56. The third-order valence-corrected chi connectivity index (χ3v) is 5.86. The van der Waals surface area contributed by atoms with E-state index in [1.165, 1.54) is 47.5 Å². The Hall–Kier alpha value is -1.55. The average molecular weight is 631 g/mol. The van der Waals surface area contributed by atoms with E-state index < -0.39 is 0 Å². The van der Waals surface area contributed by atoms with Gasteiger partial charge >= 0.3 is 27.5 Å². The van der Waals surface area contributed by atoms with E-state index in [2.05, 4.69) is 55.3 Å². The second-order valence-corrected chi connectivity index (χ2v) is 7.49. The van der Waals surface area contributed by atoms with E-state index in [1.54, 1.807) is 7.11 Å². The summed E-state index contributed by atoms with van der Waals surface area (Å²) in [6.07, 6.45) is 0. The van der Waals surface area contributed by atoms with Gasteiger partial charge in [0, 0.05) is 0 Å². The van der Waals surface area contributed by atoms with Crippen LogP contribution in [0.1, 0.15) is 47.1 Å². The van der Waals surface area contributed by atoms with Gasteiger partial charge < -0.3 is 19.2 Å². The minimum absolute atomic E-state index is 0.254. The van der Waals surface area contributed by atoms with Crippen LogP contribution in [0.25, 0.3) is 0 Å². The van der Waals surface area contributed by atoms with Crippen molar-refractivity contribution in [3.05, 3.63) is 77.6 Å². The second-order valence-electron chi connectivity index (χ2n) is 7.49. The molecule has 0 atom stereocenters. The van der Waals surface area contributed by atoms with Gasteiger partial charge in [0.25, 0.3) is 0 Å². The van der Waals surface area contributed by atoms with Crippen LogP contribution in [0, 0.1) is 35.7 Å². The molecular weight excluding hydrogens is 602 g/mol. The summed E-state index contributed by atoms with van der Waals surface area (Å²) in [6, 6.07) is 14.6. The summed E-state index contributed by atoms with van der Waals surface area (Å²) in [5.74, 6) is 9.53. The predicted octanol–water partition coefficient (Wildman–Crippen LogP) is 7.02.